The molecule has 8 nitrogen and oxygen atoms in total. The van der Waals surface area contributed by atoms with Crippen LogP contribution in [0.25, 0.3) is 11.0 Å². The van der Waals surface area contributed by atoms with Gasteiger partial charge in [0, 0.05) is 17.4 Å². The van der Waals surface area contributed by atoms with Crippen LogP contribution in [0.15, 0.2) is 40.3 Å². The fourth-order valence-electron chi connectivity index (χ4n) is 2.88. The SMILES string of the molecule is COC(=O)c1ccc(NC(=O)CSc2nc3cc(C)[nH]c3c(=O)n2C(C)C)cc1. The van der Waals surface area contributed by atoms with E-state index in [4.69, 9.17) is 0 Å². The van der Waals surface area contributed by atoms with E-state index in [1.807, 2.05) is 26.8 Å². The second-order valence-corrected chi connectivity index (χ2v) is 7.72. The molecule has 0 radical (unpaired) electrons. The number of amides is 1. The van der Waals surface area contributed by atoms with Crippen molar-refractivity contribution in [1.29, 1.82) is 0 Å². The van der Waals surface area contributed by atoms with Crippen LogP contribution in [0.3, 0.4) is 0 Å². The lowest BCUT2D eigenvalue weighted by Gasteiger charge is -2.15. The van der Waals surface area contributed by atoms with Crippen molar-refractivity contribution in [1.82, 2.24) is 14.5 Å². The van der Waals surface area contributed by atoms with Gasteiger partial charge in [0.15, 0.2) is 5.16 Å². The lowest BCUT2D eigenvalue weighted by Crippen LogP contribution is -2.25. The average Bonchev–Trinajstić information content (AvgIpc) is 3.06. The maximum Gasteiger partial charge on any atom is 0.337 e. The van der Waals surface area contributed by atoms with Gasteiger partial charge in [0.1, 0.15) is 5.52 Å². The number of nitrogens with one attached hydrogen (secondary N) is 2. The fourth-order valence-corrected chi connectivity index (χ4v) is 3.81. The summed E-state index contributed by atoms with van der Waals surface area (Å²) in [7, 11) is 1.31. The quantitative estimate of drug-likeness (QED) is 0.365. The molecule has 0 atom stereocenters. The molecule has 3 rings (SSSR count). The van der Waals surface area contributed by atoms with Gasteiger partial charge in [-0.25, -0.2) is 9.78 Å². The zero-order valence-corrected chi connectivity index (χ0v) is 17.4. The summed E-state index contributed by atoms with van der Waals surface area (Å²) >= 11 is 1.20. The van der Waals surface area contributed by atoms with E-state index in [2.05, 4.69) is 20.0 Å². The number of nitrogens with zero attached hydrogens (tertiary/aromatic N) is 2. The number of aryl methyl sites for hydroxylation is 1. The molecule has 9 heteroatoms. The minimum absolute atomic E-state index is 0.0901. The van der Waals surface area contributed by atoms with E-state index in [-0.39, 0.29) is 23.3 Å². The monoisotopic (exact) mass is 414 g/mol. The smallest absolute Gasteiger partial charge is 0.337 e. The van der Waals surface area contributed by atoms with Gasteiger partial charge in [-0.05, 0) is 51.1 Å². The Bertz CT molecular complexity index is 1120. The van der Waals surface area contributed by atoms with Crippen LogP contribution < -0.4 is 10.9 Å². The first-order valence-electron chi connectivity index (χ1n) is 9.03. The predicted molar refractivity (Wildman–Crippen MR) is 113 cm³/mol. The van der Waals surface area contributed by atoms with E-state index in [0.29, 0.717) is 27.4 Å². The number of carbonyl (C=O) groups excluding carboxylic acids is 2. The maximum atomic E-state index is 12.8. The van der Waals surface area contributed by atoms with Crippen molar-refractivity contribution in [2.75, 3.05) is 18.2 Å². The summed E-state index contributed by atoms with van der Waals surface area (Å²) < 4.78 is 6.23. The largest absolute Gasteiger partial charge is 0.465 e. The molecule has 0 aliphatic carbocycles. The van der Waals surface area contributed by atoms with Gasteiger partial charge in [-0.1, -0.05) is 11.8 Å². The number of ether oxygens (including phenoxy) is 1. The minimum atomic E-state index is -0.438. The first-order chi connectivity index (χ1) is 13.8. The van der Waals surface area contributed by atoms with Gasteiger partial charge in [0.2, 0.25) is 5.91 Å². The zero-order valence-electron chi connectivity index (χ0n) is 16.6. The number of H-pyrrole nitrogens is 1. The minimum Gasteiger partial charge on any atom is -0.465 e. The average molecular weight is 414 g/mol. The third-order valence-corrected chi connectivity index (χ3v) is 5.18. The first-order valence-corrected chi connectivity index (χ1v) is 10.0. The summed E-state index contributed by atoms with van der Waals surface area (Å²) in [5.41, 5.74) is 2.73. The van der Waals surface area contributed by atoms with Crippen molar-refractivity contribution in [2.45, 2.75) is 32.0 Å². The second-order valence-electron chi connectivity index (χ2n) is 6.78. The Kier molecular flexibility index (Phi) is 6.07. The number of esters is 1. The van der Waals surface area contributed by atoms with Crippen LogP contribution in [0.2, 0.25) is 0 Å². The highest BCUT2D eigenvalue weighted by atomic mass is 32.2. The molecule has 0 aliphatic heterocycles. The Balaban J connectivity index is 1.74. The normalized spacial score (nSPS) is 11.1. The van der Waals surface area contributed by atoms with Crippen molar-refractivity contribution < 1.29 is 14.3 Å². The van der Waals surface area contributed by atoms with Crippen LogP contribution >= 0.6 is 11.8 Å². The van der Waals surface area contributed by atoms with Crippen molar-refractivity contribution in [3.63, 3.8) is 0 Å². The summed E-state index contributed by atoms with van der Waals surface area (Å²) in [6.45, 7) is 5.67. The van der Waals surface area contributed by atoms with E-state index >= 15 is 0 Å². The first kappa shape index (κ1) is 20.7. The Morgan fingerprint density at radius 3 is 2.59 bits per heavy atom. The number of anilines is 1. The number of methoxy groups -OCH3 is 1. The van der Waals surface area contributed by atoms with E-state index < -0.39 is 5.97 Å². The lowest BCUT2D eigenvalue weighted by molar-refractivity contribution is -0.113. The van der Waals surface area contributed by atoms with Gasteiger partial charge in [-0.2, -0.15) is 0 Å². The van der Waals surface area contributed by atoms with Crippen LogP contribution in [0.4, 0.5) is 5.69 Å². The molecular weight excluding hydrogens is 392 g/mol. The lowest BCUT2D eigenvalue weighted by atomic mass is 10.2. The Morgan fingerprint density at radius 2 is 1.97 bits per heavy atom. The molecule has 1 amide bonds. The Morgan fingerprint density at radius 1 is 1.28 bits per heavy atom. The van der Waals surface area contributed by atoms with Gasteiger partial charge in [0.25, 0.3) is 5.56 Å². The molecule has 0 unspecified atom stereocenters. The molecule has 0 aliphatic rings. The third-order valence-electron chi connectivity index (χ3n) is 4.22. The van der Waals surface area contributed by atoms with E-state index in [9.17, 15) is 14.4 Å². The number of thioether (sulfide) groups is 1. The Labute approximate surface area is 171 Å². The maximum absolute atomic E-state index is 12.8. The summed E-state index contributed by atoms with van der Waals surface area (Å²) in [4.78, 5) is 44.2. The molecule has 0 bridgehead atoms. The summed E-state index contributed by atoms with van der Waals surface area (Å²) in [6.07, 6.45) is 0. The highest BCUT2D eigenvalue weighted by Crippen LogP contribution is 2.21. The second kappa shape index (κ2) is 8.52. The molecule has 3 aromatic rings. The van der Waals surface area contributed by atoms with Gasteiger partial charge in [-0.3, -0.25) is 14.2 Å². The van der Waals surface area contributed by atoms with E-state index in [0.717, 1.165) is 5.69 Å². The number of hydrogen-bond acceptors (Lipinski definition) is 6. The number of aromatic amines is 1. The number of benzene rings is 1. The van der Waals surface area contributed by atoms with Crippen molar-refractivity contribution in [3.05, 3.63) is 51.9 Å². The van der Waals surface area contributed by atoms with Gasteiger partial charge >= 0.3 is 5.97 Å². The molecule has 0 saturated carbocycles. The number of carbonyl (C=O) groups is 2. The molecule has 2 aromatic heterocycles. The Hall–Kier alpha value is -3.07. The number of aromatic nitrogens is 3. The van der Waals surface area contributed by atoms with Crippen LogP contribution in [0.1, 0.15) is 35.9 Å². The topological polar surface area (TPSA) is 106 Å². The van der Waals surface area contributed by atoms with Crippen molar-refractivity contribution >= 4 is 40.4 Å². The van der Waals surface area contributed by atoms with Crippen LogP contribution in [0, 0.1) is 6.92 Å². The highest BCUT2D eigenvalue weighted by Gasteiger charge is 2.17. The van der Waals surface area contributed by atoms with Crippen LogP contribution in [0.5, 0.6) is 0 Å². The molecule has 152 valence electrons. The van der Waals surface area contributed by atoms with Crippen LogP contribution in [-0.2, 0) is 9.53 Å². The third kappa shape index (κ3) is 4.51. The molecule has 0 spiro atoms. The van der Waals surface area contributed by atoms with Gasteiger partial charge in [-0.15, -0.1) is 0 Å². The summed E-state index contributed by atoms with van der Waals surface area (Å²) in [5.74, 6) is -0.588. The molecule has 29 heavy (non-hydrogen) atoms. The van der Waals surface area contributed by atoms with Crippen molar-refractivity contribution in [2.24, 2.45) is 0 Å². The van der Waals surface area contributed by atoms with Crippen LogP contribution in [-0.4, -0.2) is 39.3 Å². The van der Waals surface area contributed by atoms with E-state index in [1.165, 1.54) is 18.9 Å². The number of fused-ring (bicyclic) bond motifs is 1. The zero-order chi connectivity index (χ0) is 21.1. The van der Waals surface area contributed by atoms with E-state index in [1.54, 1.807) is 28.8 Å². The number of hydrogen-bond donors (Lipinski definition) is 2. The summed E-state index contributed by atoms with van der Waals surface area (Å²) in [6, 6.07) is 8.13. The standard InChI is InChI=1S/C20H22N4O4S/c1-11(2)24-18(26)17-15(9-12(3)21-17)23-20(24)29-10-16(25)22-14-7-5-13(6-8-14)19(27)28-4/h5-9,11,21H,10H2,1-4H3,(H,22,25). The van der Waals surface area contributed by atoms with Crippen molar-refractivity contribution in [3.8, 4) is 0 Å². The number of rotatable bonds is 6. The van der Waals surface area contributed by atoms with Gasteiger partial charge in [0.05, 0.1) is 23.9 Å². The predicted octanol–water partition coefficient (Wildman–Crippen LogP) is 3.13. The molecule has 0 fully saturated rings. The molecular formula is C20H22N4O4S. The van der Waals surface area contributed by atoms with Gasteiger partial charge < -0.3 is 15.0 Å². The highest BCUT2D eigenvalue weighted by molar-refractivity contribution is 7.99. The molecule has 2 heterocycles. The fraction of sp³-hybridized carbons (Fsp3) is 0.300. The summed E-state index contributed by atoms with van der Waals surface area (Å²) in [5, 5.41) is 3.26. The molecule has 0 saturated heterocycles. The molecule has 2 N–H and O–H groups in total. The molecule has 1 aromatic carbocycles.